The Morgan fingerprint density at radius 3 is 2.50 bits per heavy atom. The number of thioether (sulfide) groups is 1. The monoisotopic (exact) mass is 322 g/mol. The highest BCUT2D eigenvalue weighted by molar-refractivity contribution is 8.05. The molecule has 0 bridgehead atoms. The van der Waals surface area contributed by atoms with Crippen LogP contribution in [0.4, 0.5) is 5.69 Å². The van der Waals surface area contributed by atoms with Gasteiger partial charge in [-0.3, -0.25) is 9.69 Å². The zero-order chi connectivity index (χ0) is 16.3. The molecule has 1 fully saturated rings. The predicted molar refractivity (Wildman–Crippen MR) is 85.0 cm³/mol. The smallest absolute Gasteiger partial charge is 0.331 e. The van der Waals surface area contributed by atoms with Crippen molar-refractivity contribution >= 4 is 29.3 Å². The number of methoxy groups -OCH3 is 2. The maximum atomic E-state index is 12.4. The number of esters is 1. The molecule has 1 aromatic rings. The summed E-state index contributed by atoms with van der Waals surface area (Å²) in [6.45, 7) is 0. The van der Waals surface area contributed by atoms with Crippen molar-refractivity contribution < 1.29 is 19.1 Å². The summed E-state index contributed by atoms with van der Waals surface area (Å²) in [6.07, 6.45) is 1.18. The van der Waals surface area contributed by atoms with Gasteiger partial charge in [-0.05, 0) is 23.9 Å². The molecular formula is C15H18N2O4S. The highest BCUT2D eigenvalue weighted by atomic mass is 32.2. The number of hydrogen-bond donors (Lipinski definition) is 0. The van der Waals surface area contributed by atoms with E-state index in [1.54, 1.807) is 7.05 Å². The summed E-state index contributed by atoms with van der Waals surface area (Å²) in [5.74, 6) is -0.862. The van der Waals surface area contributed by atoms with E-state index in [9.17, 15) is 9.59 Å². The van der Waals surface area contributed by atoms with Crippen LogP contribution in [0.25, 0.3) is 0 Å². The molecule has 0 aliphatic carbocycles. The number of carbonyl (C=O) groups is 2. The average Bonchev–Trinajstić information content (AvgIpc) is 2.80. The van der Waals surface area contributed by atoms with Crippen molar-refractivity contribution in [1.29, 1.82) is 0 Å². The molecule has 0 N–H and O–H groups in total. The Kier molecular flexibility index (Phi) is 4.77. The highest BCUT2D eigenvalue weighted by Crippen LogP contribution is 2.46. The molecule has 1 aromatic carbocycles. The molecule has 1 atom stereocenters. The molecule has 1 amide bonds. The first-order chi connectivity index (χ1) is 10.5. The fourth-order valence-electron chi connectivity index (χ4n) is 2.23. The first-order valence-corrected chi connectivity index (χ1v) is 7.38. The number of rotatable bonds is 4. The SMILES string of the molecule is COC(=O)/C=C1/SC(OC)(N(C)c2ccccc2)N(C)C1=O. The van der Waals surface area contributed by atoms with Crippen molar-refractivity contribution in [2.75, 3.05) is 33.2 Å². The summed E-state index contributed by atoms with van der Waals surface area (Å²) in [7, 11) is 6.26. The van der Waals surface area contributed by atoms with Crippen molar-refractivity contribution in [1.82, 2.24) is 4.90 Å². The largest absolute Gasteiger partial charge is 0.466 e. The lowest BCUT2D eigenvalue weighted by Gasteiger charge is -2.41. The minimum absolute atomic E-state index is 0.277. The standard InChI is InChI=1S/C15H18N2O4S/c1-16(11-8-6-5-7-9-11)15(21-4)17(2)14(19)12(22-15)10-13(18)20-3/h5-10H,1-4H3/b12-10+. The molecule has 6 nitrogen and oxygen atoms in total. The Morgan fingerprint density at radius 1 is 1.32 bits per heavy atom. The molecule has 1 aliphatic rings. The van der Waals surface area contributed by atoms with Gasteiger partial charge in [0.1, 0.15) is 0 Å². The highest BCUT2D eigenvalue weighted by Gasteiger charge is 2.51. The molecule has 1 unspecified atom stereocenters. The second-order valence-corrected chi connectivity index (χ2v) is 5.82. The lowest BCUT2D eigenvalue weighted by Crippen LogP contribution is -2.55. The van der Waals surface area contributed by atoms with E-state index >= 15 is 0 Å². The number of likely N-dealkylation sites (N-methyl/N-ethyl adjacent to an activating group) is 1. The number of hydrogen-bond acceptors (Lipinski definition) is 6. The van der Waals surface area contributed by atoms with Gasteiger partial charge in [-0.2, -0.15) is 0 Å². The van der Waals surface area contributed by atoms with E-state index in [2.05, 4.69) is 4.74 Å². The fraction of sp³-hybridized carbons (Fsp3) is 0.333. The van der Waals surface area contributed by atoms with Gasteiger partial charge in [0.2, 0.25) is 0 Å². The maximum absolute atomic E-state index is 12.4. The first kappa shape index (κ1) is 16.4. The zero-order valence-electron chi connectivity index (χ0n) is 12.9. The van der Waals surface area contributed by atoms with Gasteiger partial charge < -0.3 is 14.4 Å². The topological polar surface area (TPSA) is 59.1 Å². The molecule has 22 heavy (non-hydrogen) atoms. The fourth-order valence-corrected chi connectivity index (χ4v) is 3.44. The van der Waals surface area contributed by atoms with Crippen LogP contribution < -0.4 is 4.90 Å². The maximum Gasteiger partial charge on any atom is 0.331 e. The van der Waals surface area contributed by atoms with Crippen molar-refractivity contribution in [3.05, 3.63) is 41.3 Å². The van der Waals surface area contributed by atoms with Crippen molar-refractivity contribution in [2.24, 2.45) is 0 Å². The van der Waals surface area contributed by atoms with Gasteiger partial charge in [0, 0.05) is 33.0 Å². The molecular weight excluding hydrogens is 304 g/mol. The summed E-state index contributed by atoms with van der Waals surface area (Å²) in [5, 5.41) is -1.06. The van der Waals surface area contributed by atoms with Gasteiger partial charge in [-0.25, -0.2) is 4.79 Å². The third-order valence-electron chi connectivity index (χ3n) is 3.47. The van der Waals surface area contributed by atoms with Gasteiger partial charge in [0.15, 0.2) is 0 Å². The first-order valence-electron chi connectivity index (χ1n) is 6.57. The van der Waals surface area contributed by atoms with Crippen LogP contribution in [0.3, 0.4) is 0 Å². The quantitative estimate of drug-likeness (QED) is 0.477. The summed E-state index contributed by atoms with van der Waals surface area (Å²) < 4.78 is 10.2. The Labute approximate surface area is 133 Å². The normalized spacial score (nSPS) is 23.0. The predicted octanol–water partition coefficient (Wildman–Crippen LogP) is 1.64. The van der Waals surface area contributed by atoms with Gasteiger partial charge in [-0.15, -0.1) is 0 Å². The van der Waals surface area contributed by atoms with Crippen LogP contribution in [0, 0.1) is 0 Å². The molecule has 1 saturated heterocycles. The Balaban J connectivity index is 2.40. The number of para-hydroxylation sites is 1. The van der Waals surface area contributed by atoms with Crippen LogP contribution in [-0.2, 0) is 19.1 Å². The van der Waals surface area contributed by atoms with Crippen LogP contribution in [0.5, 0.6) is 0 Å². The molecule has 2 rings (SSSR count). The van der Waals surface area contributed by atoms with Crippen LogP contribution in [0.1, 0.15) is 0 Å². The Hall–Kier alpha value is -1.99. The number of nitrogens with zero attached hydrogens (tertiary/aromatic N) is 2. The Bertz CT molecular complexity index is 605. The summed E-state index contributed by atoms with van der Waals surface area (Å²) in [6, 6.07) is 9.56. The second-order valence-electron chi connectivity index (χ2n) is 4.65. The minimum Gasteiger partial charge on any atom is -0.466 e. The van der Waals surface area contributed by atoms with Crippen LogP contribution in [0.15, 0.2) is 41.3 Å². The van der Waals surface area contributed by atoms with Gasteiger partial charge in [0.25, 0.3) is 11.1 Å². The van der Waals surface area contributed by atoms with E-state index in [0.717, 1.165) is 17.4 Å². The molecule has 118 valence electrons. The van der Waals surface area contributed by atoms with Crippen LogP contribution in [0.2, 0.25) is 0 Å². The van der Waals surface area contributed by atoms with E-state index in [1.807, 2.05) is 42.3 Å². The Morgan fingerprint density at radius 2 is 1.95 bits per heavy atom. The molecule has 0 aromatic heterocycles. The van der Waals surface area contributed by atoms with E-state index in [4.69, 9.17) is 4.74 Å². The third kappa shape index (κ3) is 2.69. The van der Waals surface area contributed by atoms with Crippen molar-refractivity contribution in [2.45, 2.75) is 5.18 Å². The van der Waals surface area contributed by atoms with E-state index in [1.165, 1.54) is 25.2 Å². The molecule has 0 radical (unpaired) electrons. The van der Waals surface area contributed by atoms with E-state index < -0.39 is 11.2 Å². The summed E-state index contributed by atoms with van der Waals surface area (Å²) >= 11 is 1.16. The van der Waals surface area contributed by atoms with Crippen LogP contribution >= 0.6 is 11.8 Å². The summed E-state index contributed by atoms with van der Waals surface area (Å²) in [4.78, 5) is 27.4. The third-order valence-corrected chi connectivity index (χ3v) is 4.96. The minimum atomic E-state index is -1.06. The molecule has 0 spiro atoms. The molecule has 7 heteroatoms. The van der Waals surface area contributed by atoms with Crippen molar-refractivity contribution in [3.63, 3.8) is 0 Å². The second kappa shape index (κ2) is 6.41. The number of benzene rings is 1. The molecule has 1 aliphatic heterocycles. The molecule has 0 saturated carbocycles. The number of ether oxygens (including phenoxy) is 2. The number of carbonyl (C=O) groups excluding carboxylic acids is 2. The lowest BCUT2D eigenvalue weighted by molar-refractivity contribution is -0.138. The van der Waals surface area contributed by atoms with Gasteiger partial charge >= 0.3 is 5.97 Å². The van der Waals surface area contributed by atoms with E-state index in [0.29, 0.717) is 0 Å². The van der Waals surface area contributed by atoms with Gasteiger partial charge in [0.05, 0.1) is 12.0 Å². The lowest BCUT2D eigenvalue weighted by atomic mass is 10.3. The zero-order valence-corrected chi connectivity index (χ0v) is 13.7. The van der Waals surface area contributed by atoms with Crippen molar-refractivity contribution in [3.8, 4) is 0 Å². The van der Waals surface area contributed by atoms with E-state index in [-0.39, 0.29) is 10.8 Å². The van der Waals surface area contributed by atoms with Gasteiger partial charge in [-0.1, -0.05) is 18.2 Å². The summed E-state index contributed by atoms with van der Waals surface area (Å²) in [5.41, 5.74) is 0.885. The van der Waals surface area contributed by atoms with Crippen LogP contribution in [-0.4, -0.2) is 50.3 Å². The number of amides is 1. The molecule has 1 heterocycles. The average molecular weight is 322 g/mol. The number of anilines is 1.